The van der Waals surface area contributed by atoms with E-state index in [1.807, 2.05) is 5.32 Å². The minimum atomic E-state index is -1.56. The fraction of sp³-hybridized carbons (Fsp3) is 0.211. The molecule has 0 aromatic heterocycles. The second-order valence-corrected chi connectivity index (χ2v) is 8.32. The van der Waals surface area contributed by atoms with Gasteiger partial charge in [0, 0.05) is 24.7 Å². The normalized spacial score (nSPS) is 16.4. The first-order chi connectivity index (χ1) is 14.4. The fourth-order valence-electron chi connectivity index (χ4n) is 2.67. The average molecular weight is 478 g/mol. The van der Waals surface area contributed by atoms with Gasteiger partial charge in [-0.15, -0.1) is 23.2 Å². The van der Waals surface area contributed by atoms with Crippen molar-refractivity contribution in [1.29, 1.82) is 0 Å². The molecule has 164 valence electrons. The van der Waals surface area contributed by atoms with Crippen molar-refractivity contribution < 1.29 is 31.9 Å². The van der Waals surface area contributed by atoms with E-state index in [1.165, 1.54) is 0 Å². The molecule has 0 bridgehead atoms. The van der Waals surface area contributed by atoms with Crippen LogP contribution < -0.4 is 16.0 Å². The SMILES string of the molecule is CC(=O)Nc1cc(NC(=O)c2cc(NC(=O)[C@H]3CC3(Cl)Cl)cc(F)c2F)c(F)cc1F. The summed E-state index contributed by atoms with van der Waals surface area (Å²) in [5, 5.41) is 6.33. The molecule has 0 unspecified atom stereocenters. The van der Waals surface area contributed by atoms with Crippen molar-refractivity contribution in [2.75, 3.05) is 16.0 Å². The molecular weight excluding hydrogens is 465 g/mol. The molecule has 3 rings (SSSR count). The minimum Gasteiger partial charge on any atom is -0.326 e. The maximum Gasteiger partial charge on any atom is 0.258 e. The number of amides is 3. The highest BCUT2D eigenvalue weighted by Gasteiger charge is 2.56. The van der Waals surface area contributed by atoms with Gasteiger partial charge >= 0.3 is 0 Å². The van der Waals surface area contributed by atoms with Gasteiger partial charge in [0.25, 0.3) is 5.91 Å². The predicted molar refractivity (Wildman–Crippen MR) is 106 cm³/mol. The molecule has 3 N–H and O–H groups in total. The number of benzene rings is 2. The van der Waals surface area contributed by atoms with Crippen LogP contribution in [0, 0.1) is 29.2 Å². The quantitative estimate of drug-likeness (QED) is 0.434. The third kappa shape index (κ3) is 5.08. The number of halogens is 6. The summed E-state index contributed by atoms with van der Waals surface area (Å²) in [6.07, 6.45) is 0.166. The van der Waals surface area contributed by atoms with Crippen LogP contribution in [-0.4, -0.2) is 22.1 Å². The number of hydrogen-bond donors (Lipinski definition) is 3. The first-order valence-electron chi connectivity index (χ1n) is 8.64. The smallest absolute Gasteiger partial charge is 0.258 e. The van der Waals surface area contributed by atoms with E-state index in [0.717, 1.165) is 19.1 Å². The lowest BCUT2D eigenvalue weighted by Gasteiger charge is -2.12. The van der Waals surface area contributed by atoms with Crippen LogP contribution in [0.3, 0.4) is 0 Å². The third-order valence-corrected chi connectivity index (χ3v) is 5.13. The van der Waals surface area contributed by atoms with Gasteiger partial charge in [-0.2, -0.15) is 0 Å². The fourth-order valence-corrected chi connectivity index (χ4v) is 3.18. The van der Waals surface area contributed by atoms with Gasteiger partial charge in [0.05, 0.1) is 22.9 Å². The van der Waals surface area contributed by atoms with Crippen molar-refractivity contribution in [3.8, 4) is 0 Å². The van der Waals surface area contributed by atoms with Crippen molar-refractivity contribution >= 4 is 58.0 Å². The molecule has 0 aliphatic heterocycles. The van der Waals surface area contributed by atoms with Crippen LogP contribution in [-0.2, 0) is 9.59 Å². The lowest BCUT2D eigenvalue weighted by Crippen LogP contribution is -2.20. The molecule has 12 heteroatoms. The van der Waals surface area contributed by atoms with Crippen LogP contribution in [0.25, 0.3) is 0 Å². The van der Waals surface area contributed by atoms with Gasteiger partial charge in [-0.05, 0) is 18.6 Å². The summed E-state index contributed by atoms with van der Waals surface area (Å²) in [6, 6.07) is 2.64. The number of nitrogens with one attached hydrogen (secondary N) is 3. The molecule has 2 aromatic carbocycles. The first kappa shape index (κ1) is 22.8. The lowest BCUT2D eigenvalue weighted by molar-refractivity contribution is -0.117. The minimum absolute atomic E-state index is 0.166. The molecule has 0 radical (unpaired) electrons. The van der Waals surface area contributed by atoms with Crippen LogP contribution >= 0.6 is 23.2 Å². The van der Waals surface area contributed by atoms with E-state index < -0.39 is 68.2 Å². The zero-order valence-electron chi connectivity index (χ0n) is 15.6. The topological polar surface area (TPSA) is 87.3 Å². The average Bonchev–Trinajstić information content (AvgIpc) is 3.30. The molecule has 1 aliphatic rings. The third-order valence-electron chi connectivity index (χ3n) is 4.30. The van der Waals surface area contributed by atoms with Gasteiger partial charge in [-0.25, -0.2) is 17.6 Å². The standard InChI is InChI=1S/C19H13Cl2F4N3O3/c1-7(29)26-14-5-15(12(23)4-11(14)22)28-17(30)9-2-8(3-13(24)16(9)25)27-18(31)10-6-19(10,20)21/h2-5,10H,6H2,1H3,(H,26,29)(H,27,31)(H,28,30)/t10-/m1/s1. The zero-order valence-corrected chi connectivity index (χ0v) is 17.1. The largest absolute Gasteiger partial charge is 0.326 e. The molecule has 0 saturated heterocycles. The number of carbonyl (C=O) groups is 3. The first-order valence-corrected chi connectivity index (χ1v) is 9.40. The Morgan fingerprint density at radius 3 is 2.03 bits per heavy atom. The van der Waals surface area contributed by atoms with Crippen LogP contribution in [0.4, 0.5) is 34.6 Å². The number of alkyl halides is 2. The predicted octanol–water partition coefficient (Wildman–Crippen LogP) is 4.59. The van der Waals surface area contributed by atoms with E-state index in [1.54, 1.807) is 0 Å². The van der Waals surface area contributed by atoms with E-state index in [0.29, 0.717) is 12.1 Å². The second-order valence-electron chi connectivity index (χ2n) is 6.77. The van der Waals surface area contributed by atoms with E-state index in [4.69, 9.17) is 23.2 Å². The van der Waals surface area contributed by atoms with Crippen molar-refractivity contribution in [3.63, 3.8) is 0 Å². The Morgan fingerprint density at radius 1 is 0.903 bits per heavy atom. The van der Waals surface area contributed by atoms with Gasteiger partial charge in [0.2, 0.25) is 11.8 Å². The Morgan fingerprint density at radius 2 is 1.48 bits per heavy atom. The summed E-state index contributed by atoms with van der Waals surface area (Å²) in [5.41, 5.74) is -2.16. The van der Waals surface area contributed by atoms with Gasteiger partial charge in [-0.3, -0.25) is 14.4 Å². The summed E-state index contributed by atoms with van der Waals surface area (Å²) in [7, 11) is 0. The number of rotatable bonds is 5. The van der Waals surface area contributed by atoms with Gasteiger partial charge in [0.15, 0.2) is 11.6 Å². The molecule has 6 nitrogen and oxygen atoms in total. The molecule has 3 amide bonds. The van der Waals surface area contributed by atoms with Gasteiger partial charge < -0.3 is 16.0 Å². The van der Waals surface area contributed by atoms with Crippen molar-refractivity contribution in [1.82, 2.24) is 0 Å². The summed E-state index contributed by atoms with van der Waals surface area (Å²) in [4.78, 5) is 35.6. The molecular formula is C19H13Cl2F4N3O3. The maximum absolute atomic E-state index is 14.2. The lowest BCUT2D eigenvalue weighted by atomic mass is 10.1. The van der Waals surface area contributed by atoms with E-state index in [-0.39, 0.29) is 12.1 Å². The van der Waals surface area contributed by atoms with E-state index in [2.05, 4.69) is 10.6 Å². The monoisotopic (exact) mass is 477 g/mol. The number of anilines is 3. The van der Waals surface area contributed by atoms with Crippen LogP contribution in [0.5, 0.6) is 0 Å². The van der Waals surface area contributed by atoms with Gasteiger partial charge in [-0.1, -0.05) is 0 Å². The maximum atomic E-state index is 14.2. The Labute approximate surface area is 182 Å². The molecule has 0 spiro atoms. The second kappa shape index (κ2) is 8.35. The molecule has 1 saturated carbocycles. The highest BCUT2D eigenvalue weighted by molar-refractivity contribution is 6.52. The molecule has 1 aliphatic carbocycles. The summed E-state index contributed by atoms with van der Waals surface area (Å²) in [5.74, 6) is -8.72. The Kier molecular flexibility index (Phi) is 6.15. The Hall–Kier alpha value is -2.85. The van der Waals surface area contributed by atoms with Crippen LogP contribution in [0.1, 0.15) is 23.7 Å². The van der Waals surface area contributed by atoms with E-state index >= 15 is 0 Å². The highest BCUT2D eigenvalue weighted by Crippen LogP contribution is 2.53. The van der Waals surface area contributed by atoms with Crippen LogP contribution in [0.15, 0.2) is 24.3 Å². The molecule has 31 heavy (non-hydrogen) atoms. The number of carbonyl (C=O) groups excluding carboxylic acids is 3. The number of hydrogen-bond acceptors (Lipinski definition) is 3. The molecule has 2 aromatic rings. The summed E-state index contributed by atoms with van der Waals surface area (Å²) >= 11 is 11.6. The summed E-state index contributed by atoms with van der Waals surface area (Å²) in [6.45, 7) is 1.08. The Balaban J connectivity index is 1.85. The van der Waals surface area contributed by atoms with Crippen molar-refractivity contribution in [3.05, 3.63) is 53.1 Å². The molecule has 1 atom stereocenters. The van der Waals surface area contributed by atoms with Gasteiger partial charge in [0.1, 0.15) is 16.0 Å². The van der Waals surface area contributed by atoms with Crippen molar-refractivity contribution in [2.45, 2.75) is 17.7 Å². The molecule has 0 heterocycles. The van der Waals surface area contributed by atoms with E-state index in [9.17, 15) is 31.9 Å². The highest BCUT2D eigenvalue weighted by atomic mass is 35.5. The van der Waals surface area contributed by atoms with Crippen LogP contribution in [0.2, 0.25) is 0 Å². The molecule has 1 fully saturated rings. The summed E-state index contributed by atoms with van der Waals surface area (Å²) < 4.78 is 54.7. The van der Waals surface area contributed by atoms with Crippen molar-refractivity contribution in [2.24, 2.45) is 5.92 Å². The zero-order chi connectivity index (χ0) is 23.1. The Bertz CT molecular complexity index is 1110.